The zero-order valence-electron chi connectivity index (χ0n) is 27.5. The van der Waals surface area contributed by atoms with E-state index in [9.17, 15) is 19.8 Å². The van der Waals surface area contributed by atoms with E-state index in [1.165, 1.54) is 11.1 Å². The molecule has 8 heteroatoms. The minimum Gasteiger partial charge on any atom is -0.481 e. The Bertz CT molecular complexity index is 1940. The summed E-state index contributed by atoms with van der Waals surface area (Å²) in [6.45, 7) is 15.5. The van der Waals surface area contributed by atoms with Crippen molar-refractivity contribution in [1.82, 2.24) is 19.5 Å². The number of hydrogen-bond donors (Lipinski definition) is 3. The molecular formula is C37H44N4O4. The lowest BCUT2D eigenvalue weighted by Gasteiger charge is -2.07. The Morgan fingerprint density at radius 3 is 1.87 bits per heavy atom. The molecular weight excluding hydrogens is 564 g/mol. The van der Waals surface area contributed by atoms with Gasteiger partial charge < -0.3 is 19.8 Å². The van der Waals surface area contributed by atoms with Crippen molar-refractivity contribution in [3.8, 4) is 0 Å². The summed E-state index contributed by atoms with van der Waals surface area (Å²) in [6.07, 6.45) is 3.33. The van der Waals surface area contributed by atoms with Crippen molar-refractivity contribution < 1.29 is 19.8 Å². The highest BCUT2D eigenvalue weighted by atomic mass is 16.4. The Balaban J connectivity index is 2.00. The lowest BCUT2D eigenvalue weighted by atomic mass is 10.00. The summed E-state index contributed by atoms with van der Waals surface area (Å²) in [4.78, 5) is 37.4. The molecule has 0 amide bonds. The van der Waals surface area contributed by atoms with Crippen LogP contribution in [0.5, 0.6) is 0 Å². The minimum absolute atomic E-state index is 0.00273. The van der Waals surface area contributed by atoms with Crippen LogP contribution < -0.4 is 0 Å². The fourth-order valence-corrected chi connectivity index (χ4v) is 6.91. The van der Waals surface area contributed by atoms with Crippen molar-refractivity contribution in [2.24, 2.45) is 0 Å². The molecule has 0 aliphatic carbocycles. The van der Waals surface area contributed by atoms with E-state index >= 15 is 0 Å². The Morgan fingerprint density at radius 2 is 1.27 bits per heavy atom. The zero-order chi connectivity index (χ0) is 32.6. The third-order valence-corrected chi connectivity index (χ3v) is 9.39. The number of H-pyrrole nitrogens is 1. The number of carbonyl (C=O) groups is 2. The number of hydrogen-bond acceptors (Lipinski definition) is 4. The number of aromatic nitrogens is 4. The topological polar surface area (TPSA) is 121 Å². The van der Waals surface area contributed by atoms with Crippen molar-refractivity contribution in [2.45, 2.75) is 100.0 Å². The van der Waals surface area contributed by atoms with Gasteiger partial charge in [-0.05, 0) is 129 Å². The maximum absolute atomic E-state index is 11.8. The predicted octanol–water partition coefficient (Wildman–Crippen LogP) is 8.53. The third kappa shape index (κ3) is 5.98. The van der Waals surface area contributed by atoms with Gasteiger partial charge in [0.25, 0.3) is 0 Å². The first-order valence-electron chi connectivity index (χ1n) is 16.1. The SMILES string of the molecule is CCCn1c2cc3nc(cc4[nH]c(cc5nc(cc1c(CCC(=O)O)c2C)C(CCC(=O)O)=C5C)c(C)c4CC)C(C)=C3CC. The van der Waals surface area contributed by atoms with Gasteiger partial charge in [0.05, 0.1) is 22.8 Å². The summed E-state index contributed by atoms with van der Waals surface area (Å²) >= 11 is 0. The van der Waals surface area contributed by atoms with Crippen LogP contribution in [0.4, 0.5) is 0 Å². The summed E-state index contributed by atoms with van der Waals surface area (Å²) in [5, 5.41) is 19.2. The van der Waals surface area contributed by atoms with Gasteiger partial charge in [0.2, 0.25) is 0 Å². The Hall–Kier alpha value is -4.46. The van der Waals surface area contributed by atoms with Crippen LogP contribution in [0.25, 0.3) is 44.4 Å². The standard InChI is InChI=1S/C37H44N4O4/c1-8-15-41-34-18-32-25(10-3)21(5)30(39-32)17-31-24(9-2)20(4)28(38-31)16-29-22(6)26(11-13-36(42)43)33(40-29)19-35(41)27(23(34)7)12-14-37(44)45/h16-19,38H,8-15H2,1-7H3,(H,42,43)(H,44,45). The van der Waals surface area contributed by atoms with Crippen molar-refractivity contribution in [1.29, 1.82) is 0 Å². The number of carboxylic acids is 2. The highest BCUT2D eigenvalue weighted by molar-refractivity contribution is 5.95. The number of aromatic amines is 1. The molecule has 2 aliphatic heterocycles. The number of nitrogens with one attached hydrogen (secondary N) is 1. The number of rotatable bonds is 10. The minimum atomic E-state index is -0.855. The van der Waals surface area contributed by atoms with Gasteiger partial charge in [-0.25, -0.2) is 9.97 Å². The van der Waals surface area contributed by atoms with Crippen LogP contribution in [0.2, 0.25) is 0 Å². The second-order valence-corrected chi connectivity index (χ2v) is 12.1. The number of aryl methyl sites for hydroxylation is 5. The quantitative estimate of drug-likeness (QED) is 0.212. The first kappa shape index (κ1) is 31.9. The number of fused-ring (bicyclic) bond motifs is 8. The van der Waals surface area contributed by atoms with Gasteiger partial charge in [0.15, 0.2) is 0 Å². The lowest BCUT2D eigenvalue weighted by Crippen LogP contribution is -2.00. The van der Waals surface area contributed by atoms with Crippen LogP contribution in [0.15, 0.2) is 24.3 Å². The van der Waals surface area contributed by atoms with Crippen molar-refractivity contribution >= 4 is 56.3 Å². The maximum Gasteiger partial charge on any atom is 0.303 e. The molecule has 0 fully saturated rings. The smallest absolute Gasteiger partial charge is 0.303 e. The molecule has 8 bridgehead atoms. The molecule has 5 heterocycles. The number of aliphatic carboxylic acids is 2. The number of carboxylic acid groups (broad SMARTS) is 2. The molecule has 3 aromatic rings. The fraction of sp³-hybridized carbons (Fsp3) is 0.405. The van der Waals surface area contributed by atoms with E-state index in [4.69, 9.17) is 9.97 Å². The molecule has 3 N–H and O–H groups in total. The van der Waals surface area contributed by atoms with Gasteiger partial charge in [-0.1, -0.05) is 20.8 Å². The summed E-state index contributed by atoms with van der Waals surface area (Å²) in [7, 11) is 0. The highest BCUT2D eigenvalue weighted by Gasteiger charge is 2.22. The lowest BCUT2D eigenvalue weighted by molar-refractivity contribution is -0.137. The van der Waals surface area contributed by atoms with Gasteiger partial charge in [-0.15, -0.1) is 0 Å². The van der Waals surface area contributed by atoms with Crippen LogP contribution >= 0.6 is 0 Å². The first-order valence-corrected chi connectivity index (χ1v) is 16.1. The van der Waals surface area contributed by atoms with E-state index in [-0.39, 0.29) is 12.8 Å². The summed E-state index contributed by atoms with van der Waals surface area (Å²) in [6, 6.07) is 8.45. The number of nitrogens with zero attached hydrogens (tertiary/aromatic N) is 3. The molecule has 2 aliphatic rings. The average molecular weight is 609 g/mol. The van der Waals surface area contributed by atoms with Crippen LogP contribution in [-0.2, 0) is 29.0 Å². The molecule has 0 saturated carbocycles. The van der Waals surface area contributed by atoms with Crippen LogP contribution in [0, 0.1) is 13.8 Å². The van der Waals surface area contributed by atoms with Crippen molar-refractivity contribution in [3.63, 3.8) is 0 Å². The van der Waals surface area contributed by atoms with E-state index in [2.05, 4.69) is 75.4 Å². The van der Waals surface area contributed by atoms with Gasteiger partial charge >= 0.3 is 11.9 Å². The van der Waals surface area contributed by atoms with Crippen LogP contribution in [-0.4, -0.2) is 41.7 Å². The normalized spacial score (nSPS) is 13.2. The Morgan fingerprint density at radius 1 is 0.689 bits per heavy atom. The van der Waals surface area contributed by atoms with Gasteiger partial charge in [-0.2, -0.15) is 0 Å². The van der Waals surface area contributed by atoms with Crippen LogP contribution in [0.1, 0.15) is 112 Å². The van der Waals surface area contributed by atoms with E-state index < -0.39 is 11.9 Å². The van der Waals surface area contributed by atoms with E-state index in [0.717, 1.165) is 104 Å². The molecule has 0 atom stereocenters. The molecule has 45 heavy (non-hydrogen) atoms. The third-order valence-electron chi connectivity index (χ3n) is 9.39. The molecule has 0 unspecified atom stereocenters. The summed E-state index contributed by atoms with van der Waals surface area (Å²) in [5.74, 6) is -1.70. The van der Waals surface area contributed by atoms with Gasteiger partial charge in [-0.3, -0.25) is 9.59 Å². The molecule has 0 saturated heterocycles. The molecule has 5 rings (SSSR count). The Kier molecular flexibility index (Phi) is 9.14. The second kappa shape index (κ2) is 12.9. The average Bonchev–Trinajstić information content (AvgIpc) is 3.63. The zero-order valence-corrected chi connectivity index (χ0v) is 27.5. The molecule has 3 aromatic heterocycles. The van der Waals surface area contributed by atoms with Gasteiger partial charge in [0.1, 0.15) is 0 Å². The second-order valence-electron chi connectivity index (χ2n) is 12.1. The maximum atomic E-state index is 11.8. The van der Waals surface area contributed by atoms with Crippen LogP contribution in [0.3, 0.4) is 0 Å². The van der Waals surface area contributed by atoms with E-state index in [1.54, 1.807) is 0 Å². The van der Waals surface area contributed by atoms with Crippen molar-refractivity contribution in [2.75, 3.05) is 0 Å². The largest absolute Gasteiger partial charge is 0.481 e. The first-order chi connectivity index (χ1) is 21.5. The van der Waals surface area contributed by atoms with Crippen molar-refractivity contribution in [3.05, 3.63) is 69.3 Å². The molecule has 8 nitrogen and oxygen atoms in total. The fourth-order valence-electron chi connectivity index (χ4n) is 6.91. The molecule has 0 radical (unpaired) electrons. The van der Waals surface area contributed by atoms with Gasteiger partial charge in [0, 0.05) is 41.5 Å². The molecule has 236 valence electrons. The summed E-state index contributed by atoms with van der Waals surface area (Å²) < 4.78 is 2.27. The van der Waals surface area contributed by atoms with E-state index in [0.29, 0.717) is 12.8 Å². The van der Waals surface area contributed by atoms with E-state index in [1.807, 2.05) is 6.92 Å². The monoisotopic (exact) mass is 608 g/mol. The Labute approximate surface area is 264 Å². The highest BCUT2D eigenvalue weighted by Crippen LogP contribution is 2.37. The number of allylic oxidation sites excluding steroid dienone is 4. The predicted molar refractivity (Wildman–Crippen MR) is 182 cm³/mol. The summed E-state index contributed by atoms with van der Waals surface area (Å²) in [5.41, 5.74) is 16.0. The molecule has 0 aromatic carbocycles. The molecule has 0 spiro atoms.